The van der Waals surface area contributed by atoms with Crippen LogP contribution in [-0.2, 0) is 0 Å². The van der Waals surface area contributed by atoms with Crippen molar-refractivity contribution in [3.8, 4) is 0 Å². The average molecular weight is 310 g/mol. The second-order valence-corrected chi connectivity index (χ2v) is 5.26. The Hall–Kier alpha value is 0.430. The summed E-state index contributed by atoms with van der Waals surface area (Å²) in [5.41, 5.74) is 0. The van der Waals surface area contributed by atoms with E-state index in [-0.39, 0.29) is 6.10 Å². The second kappa shape index (κ2) is 9.97. The number of unbranched alkanes of at least 4 members (excludes halogenated alkanes) is 6. The van der Waals surface area contributed by atoms with Crippen molar-refractivity contribution in [1.29, 1.82) is 0 Å². The third-order valence-electron chi connectivity index (χ3n) is 2.44. The standard InChI is InChI=1S/C12H23IO/c1-3-4-5-6-7-8-9-10-12(14)11(2)13/h12,14H,2-10H2,1H3. The summed E-state index contributed by atoms with van der Waals surface area (Å²) in [4.78, 5) is 0. The first-order valence-electron chi connectivity index (χ1n) is 5.70. The lowest BCUT2D eigenvalue weighted by molar-refractivity contribution is 0.206. The van der Waals surface area contributed by atoms with Crippen molar-refractivity contribution in [3.05, 3.63) is 10.2 Å². The third kappa shape index (κ3) is 9.00. The molecule has 1 nitrogen and oxygen atoms in total. The fourth-order valence-electron chi connectivity index (χ4n) is 1.45. The van der Waals surface area contributed by atoms with Crippen molar-refractivity contribution < 1.29 is 5.11 Å². The van der Waals surface area contributed by atoms with E-state index in [1.54, 1.807) is 0 Å². The van der Waals surface area contributed by atoms with Gasteiger partial charge in [-0.3, -0.25) is 0 Å². The molecule has 0 aromatic rings. The topological polar surface area (TPSA) is 20.2 Å². The molecule has 0 amide bonds. The van der Waals surface area contributed by atoms with Crippen molar-refractivity contribution >= 4 is 22.6 Å². The van der Waals surface area contributed by atoms with E-state index >= 15 is 0 Å². The summed E-state index contributed by atoms with van der Waals surface area (Å²) in [6.45, 7) is 5.97. The summed E-state index contributed by atoms with van der Waals surface area (Å²) >= 11 is 2.10. The van der Waals surface area contributed by atoms with Crippen LogP contribution >= 0.6 is 22.6 Å². The summed E-state index contributed by atoms with van der Waals surface area (Å²) in [5, 5.41) is 9.46. The molecule has 0 aliphatic carbocycles. The molecule has 0 radical (unpaired) electrons. The van der Waals surface area contributed by atoms with Gasteiger partial charge in [-0.2, -0.15) is 0 Å². The summed E-state index contributed by atoms with van der Waals surface area (Å²) in [6, 6.07) is 0. The van der Waals surface area contributed by atoms with Crippen molar-refractivity contribution in [2.24, 2.45) is 0 Å². The molecule has 0 spiro atoms. The van der Waals surface area contributed by atoms with E-state index in [1.165, 1.54) is 38.5 Å². The Morgan fingerprint density at radius 1 is 1.14 bits per heavy atom. The lowest BCUT2D eigenvalue weighted by Gasteiger charge is -2.07. The van der Waals surface area contributed by atoms with Crippen LogP contribution in [0.15, 0.2) is 10.2 Å². The van der Waals surface area contributed by atoms with Gasteiger partial charge in [-0.25, -0.2) is 0 Å². The van der Waals surface area contributed by atoms with Crippen molar-refractivity contribution in [1.82, 2.24) is 0 Å². The van der Waals surface area contributed by atoms with Gasteiger partial charge < -0.3 is 5.11 Å². The van der Waals surface area contributed by atoms with Gasteiger partial charge in [0.1, 0.15) is 0 Å². The van der Waals surface area contributed by atoms with Crippen LogP contribution in [0.1, 0.15) is 58.3 Å². The normalized spacial score (nSPS) is 12.8. The number of hydrogen-bond acceptors (Lipinski definition) is 1. The monoisotopic (exact) mass is 310 g/mol. The average Bonchev–Trinajstić information content (AvgIpc) is 2.16. The minimum absolute atomic E-state index is 0.286. The largest absolute Gasteiger partial charge is 0.388 e. The predicted octanol–water partition coefficient (Wildman–Crippen LogP) is 4.44. The zero-order chi connectivity index (χ0) is 10.8. The first-order valence-corrected chi connectivity index (χ1v) is 6.78. The zero-order valence-corrected chi connectivity index (χ0v) is 11.4. The lowest BCUT2D eigenvalue weighted by Crippen LogP contribution is -2.04. The van der Waals surface area contributed by atoms with Gasteiger partial charge in [0.05, 0.1) is 6.10 Å². The van der Waals surface area contributed by atoms with E-state index in [1.807, 2.05) is 0 Å². The van der Waals surface area contributed by atoms with Gasteiger partial charge >= 0.3 is 0 Å². The molecule has 14 heavy (non-hydrogen) atoms. The molecule has 1 atom stereocenters. The molecule has 0 heterocycles. The maximum Gasteiger partial charge on any atom is 0.0840 e. The molecule has 1 unspecified atom stereocenters. The van der Waals surface area contributed by atoms with Crippen LogP contribution in [0, 0.1) is 0 Å². The smallest absolute Gasteiger partial charge is 0.0840 e. The van der Waals surface area contributed by atoms with Gasteiger partial charge in [0.2, 0.25) is 0 Å². The number of aliphatic hydroxyl groups is 1. The highest BCUT2D eigenvalue weighted by atomic mass is 127. The van der Waals surface area contributed by atoms with E-state index in [4.69, 9.17) is 0 Å². The highest BCUT2D eigenvalue weighted by Gasteiger charge is 2.04. The van der Waals surface area contributed by atoms with Crippen molar-refractivity contribution in [2.45, 2.75) is 64.4 Å². The fraction of sp³-hybridized carbons (Fsp3) is 0.833. The van der Waals surface area contributed by atoms with Crippen LogP contribution in [0.2, 0.25) is 0 Å². The summed E-state index contributed by atoms with van der Waals surface area (Å²) in [5.74, 6) is 0. The van der Waals surface area contributed by atoms with E-state index in [0.717, 1.165) is 16.4 Å². The van der Waals surface area contributed by atoms with Crippen molar-refractivity contribution in [2.75, 3.05) is 0 Å². The molecule has 0 aromatic heterocycles. The molecular weight excluding hydrogens is 287 g/mol. The lowest BCUT2D eigenvalue weighted by atomic mass is 10.1. The molecule has 0 saturated heterocycles. The maximum absolute atomic E-state index is 9.46. The quantitative estimate of drug-likeness (QED) is 0.493. The molecule has 0 saturated carbocycles. The van der Waals surface area contributed by atoms with E-state index < -0.39 is 0 Å². The Morgan fingerprint density at radius 2 is 1.64 bits per heavy atom. The van der Waals surface area contributed by atoms with Gasteiger partial charge in [-0.15, -0.1) is 0 Å². The zero-order valence-electron chi connectivity index (χ0n) is 9.27. The number of halogens is 1. The third-order valence-corrected chi connectivity index (χ3v) is 3.16. The molecule has 0 aliphatic heterocycles. The number of hydrogen-bond donors (Lipinski definition) is 1. The predicted molar refractivity (Wildman–Crippen MR) is 71.8 cm³/mol. The Bertz CT molecular complexity index is 145. The molecular formula is C12H23IO. The first-order chi connectivity index (χ1) is 6.68. The Morgan fingerprint density at radius 3 is 2.14 bits per heavy atom. The number of aliphatic hydroxyl groups excluding tert-OH is 1. The molecule has 0 fully saturated rings. The molecule has 1 N–H and O–H groups in total. The van der Waals surface area contributed by atoms with Crippen LogP contribution in [0.25, 0.3) is 0 Å². The summed E-state index contributed by atoms with van der Waals surface area (Å²) < 4.78 is 0.869. The van der Waals surface area contributed by atoms with Crippen LogP contribution in [0.5, 0.6) is 0 Å². The summed E-state index contributed by atoms with van der Waals surface area (Å²) in [7, 11) is 0. The van der Waals surface area contributed by atoms with Crippen LogP contribution in [-0.4, -0.2) is 11.2 Å². The molecule has 2 heteroatoms. The SMILES string of the molecule is C=C(I)C(O)CCCCCCCCC. The fourth-order valence-corrected chi connectivity index (χ4v) is 1.76. The molecule has 0 bridgehead atoms. The highest BCUT2D eigenvalue weighted by Crippen LogP contribution is 2.16. The molecule has 0 aliphatic rings. The van der Waals surface area contributed by atoms with Crippen LogP contribution in [0.3, 0.4) is 0 Å². The summed E-state index contributed by atoms with van der Waals surface area (Å²) in [6.07, 6.45) is 9.72. The second-order valence-electron chi connectivity index (χ2n) is 3.87. The van der Waals surface area contributed by atoms with Crippen LogP contribution in [0.4, 0.5) is 0 Å². The Kier molecular flexibility index (Phi) is 10.3. The highest BCUT2D eigenvalue weighted by molar-refractivity contribution is 14.1. The van der Waals surface area contributed by atoms with Crippen LogP contribution < -0.4 is 0 Å². The van der Waals surface area contributed by atoms with Gasteiger partial charge in [0.25, 0.3) is 0 Å². The van der Waals surface area contributed by atoms with E-state index in [9.17, 15) is 5.11 Å². The number of rotatable bonds is 9. The van der Waals surface area contributed by atoms with Gasteiger partial charge in [-0.05, 0) is 29.0 Å². The minimum Gasteiger partial charge on any atom is -0.388 e. The Labute approximate surface area is 102 Å². The van der Waals surface area contributed by atoms with E-state index in [2.05, 4.69) is 36.1 Å². The molecule has 84 valence electrons. The molecule has 0 rings (SSSR count). The maximum atomic E-state index is 9.46. The molecule has 0 aromatic carbocycles. The first kappa shape index (κ1) is 14.4. The Balaban J connectivity index is 3.09. The van der Waals surface area contributed by atoms with Crippen molar-refractivity contribution in [3.63, 3.8) is 0 Å². The van der Waals surface area contributed by atoms with Gasteiger partial charge in [-0.1, -0.05) is 58.4 Å². The van der Waals surface area contributed by atoms with Gasteiger partial charge in [0, 0.05) is 3.58 Å². The van der Waals surface area contributed by atoms with E-state index in [0.29, 0.717) is 0 Å². The minimum atomic E-state index is -0.286. The van der Waals surface area contributed by atoms with Gasteiger partial charge in [0.15, 0.2) is 0 Å².